The Morgan fingerprint density at radius 3 is 2.10 bits per heavy atom. The van der Waals surface area contributed by atoms with Gasteiger partial charge in [0.05, 0.1) is 6.42 Å². The van der Waals surface area contributed by atoms with E-state index in [0.29, 0.717) is 37.4 Å². The molecular weight excluding hydrogens is 522 g/mol. The Balaban J connectivity index is 1.26. The monoisotopic (exact) mass is 557 g/mol. The van der Waals surface area contributed by atoms with Gasteiger partial charge in [0.1, 0.15) is 12.2 Å². The Labute approximate surface area is 239 Å². The van der Waals surface area contributed by atoms with Crippen molar-refractivity contribution in [1.29, 1.82) is 0 Å². The first-order valence-electron chi connectivity index (χ1n) is 13.8. The van der Waals surface area contributed by atoms with E-state index in [1.165, 1.54) is 0 Å². The highest BCUT2D eigenvalue weighted by Crippen LogP contribution is 2.44. The van der Waals surface area contributed by atoms with E-state index in [0.717, 1.165) is 27.9 Å². The van der Waals surface area contributed by atoms with Crippen LogP contribution in [0, 0.1) is 0 Å². The lowest BCUT2D eigenvalue weighted by Crippen LogP contribution is -2.50. The van der Waals surface area contributed by atoms with Crippen LogP contribution in [0.25, 0.3) is 11.1 Å². The van der Waals surface area contributed by atoms with Crippen molar-refractivity contribution in [1.82, 2.24) is 4.90 Å². The molecule has 2 amide bonds. The lowest BCUT2D eigenvalue weighted by atomic mass is 9.98. The average Bonchev–Trinajstić information content (AvgIpc) is 3.24. The third-order valence-electron chi connectivity index (χ3n) is 7.22. The van der Waals surface area contributed by atoms with Crippen LogP contribution in [0.1, 0.15) is 43.4 Å². The van der Waals surface area contributed by atoms with Crippen LogP contribution in [0.3, 0.4) is 0 Å². The normalized spacial score (nSPS) is 14.7. The minimum Gasteiger partial charge on any atom is -0.481 e. The van der Waals surface area contributed by atoms with E-state index in [9.17, 15) is 19.5 Å². The molecule has 1 heterocycles. The summed E-state index contributed by atoms with van der Waals surface area (Å²) >= 11 is 0. The fraction of sp³-hybridized carbons (Fsp3) is 0.344. The second kappa shape index (κ2) is 11.5. The van der Waals surface area contributed by atoms with Gasteiger partial charge >= 0.3 is 18.2 Å². The molecule has 9 nitrogen and oxygen atoms in total. The fourth-order valence-electron chi connectivity index (χ4n) is 5.43. The number of carbonyl (C=O) groups excluding carboxylic acids is 2. The Morgan fingerprint density at radius 2 is 1.51 bits per heavy atom. The number of anilines is 2. The van der Waals surface area contributed by atoms with Crippen LogP contribution >= 0.6 is 0 Å². The summed E-state index contributed by atoms with van der Waals surface area (Å²) in [4.78, 5) is 40.6. The molecule has 3 aromatic carbocycles. The summed E-state index contributed by atoms with van der Waals surface area (Å²) in [6.45, 7) is 7.69. The van der Waals surface area contributed by atoms with Crippen LogP contribution in [0.2, 0.25) is 0 Å². The first-order chi connectivity index (χ1) is 19.6. The summed E-state index contributed by atoms with van der Waals surface area (Å²) in [6, 6.07) is 21.5. The summed E-state index contributed by atoms with van der Waals surface area (Å²) in [6.07, 6.45) is -1.15. The standard InChI is InChI=1S/C32H35N3O6/c1-32(2,3)41-31(39)35-14-12-34(13-15-35)23-17-21(18-29(36)37)16-22(19-23)33-30(38)40-20-28-26-10-6-4-8-24(26)25-9-5-7-11-27(25)28/h4-11,16-17,19,28H,12-15,18,20H2,1-3H3,(H,33,38)(H,36,37). The summed E-state index contributed by atoms with van der Waals surface area (Å²) < 4.78 is 11.2. The average molecular weight is 558 g/mol. The minimum absolute atomic E-state index is 0.0664. The van der Waals surface area contributed by atoms with Crippen molar-refractivity contribution in [2.75, 3.05) is 43.0 Å². The number of aliphatic carboxylic acids is 1. The zero-order valence-corrected chi connectivity index (χ0v) is 23.6. The molecule has 41 heavy (non-hydrogen) atoms. The number of carboxylic acid groups (broad SMARTS) is 1. The van der Waals surface area contributed by atoms with Crippen molar-refractivity contribution < 1.29 is 29.0 Å². The molecule has 214 valence electrons. The summed E-state index contributed by atoms with van der Waals surface area (Å²) in [5.74, 6) is -1.03. The van der Waals surface area contributed by atoms with Gasteiger partial charge in [0.15, 0.2) is 0 Å². The number of rotatable bonds is 6. The van der Waals surface area contributed by atoms with Crippen LogP contribution in [0.5, 0.6) is 0 Å². The first-order valence-corrected chi connectivity index (χ1v) is 13.8. The predicted molar refractivity (Wildman–Crippen MR) is 156 cm³/mol. The molecule has 5 rings (SSSR count). The second-order valence-electron chi connectivity index (χ2n) is 11.4. The van der Waals surface area contributed by atoms with E-state index in [2.05, 4.69) is 34.5 Å². The molecule has 9 heteroatoms. The molecule has 1 aliphatic carbocycles. The molecule has 1 aliphatic heterocycles. The van der Waals surface area contributed by atoms with E-state index in [1.54, 1.807) is 23.1 Å². The van der Waals surface area contributed by atoms with E-state index in [4.69, 9.17) is 9.47 Å². The van der Waals surface area contributed by atoms with E-state index in [1.807, 2.05) is 45.0 Å². The third kappa shape index (κ3) is 6.62. The van der Waals surface area contributed by atoms with Gasteiger partial charge in [0, 0.05) is 43.5 Å². The molecule has 3 aromatic rings. The lowest BCUT2D eigenvalue weighted by molar-refractivity contribution is -0.136. The van der Waals surface area contributed by atoms with Crippen LogP contribution in [-0.2, 0) is 20.7 Å². The second-order valence-corrected chi connectivity index (χ2v) is 11.4. The summed E-state index contributed by atoms with van der Waals surface area (Å²) in [5, 5.41) is 12.2. The van der Waals surface area contributed by atoms with Crippen LogP contribution < -0.4 is 10.2 Å². The number of hydrogen-bond acceptors (Lipinski definition) is 6. The van der Waals surface area contributed by atoms with Gasteiger partial charge in [-0.1, -0.05) is 48.5 Å². The summed E-state index contributed by atoms with van der Waals surface area (Å²) in [5.41, 5.74) is 5.74. The number of benzene rings is 3. The molecule has 1 saturated heterocycles. The van der Waals surface area contributed by atoms with Gasteiger partial charge < -0.3 is 24.4 Å². The Bertz CT molecular complexity index is 1410. The maximum atomic E-state index is 12.9. The topological polar surface area (TPSA) is 108 Å². The highest BCUT2D eigenvalue weighted by molar-refractivity contribution is 5.86. The number of carboxylic acids is 1. The first kappa shape index (κ1) is 28.0. The Morgan fingerprint density at radius 1 is 0.902 bits per heavy atom. The van der Waals surface area contributed by atoms with Crippen molar-refractivity contribution in [3.63, 3.8) is 0 Å². The molecule has 0 aromatic heterocycles. The highest BCUT2D eigenvalue weighted by Gasteiger charge is 2.29. The number of fused-ring (bicyclic) bond motifs is 3. The van der Waals surface area contributed by atoms with Crippen molar-refractivity contribution in [2.45, 2.75) is 38.7 Å². The number of nitrogens with zero attached hydrogens (tertiary/aromatic N) is 2. The number of hydrogen-bond donors (Lipinski definition) is 2. The number of carbonyl (C=O) groups is 3. The largest absolute Gasteiger partial charge is 0.481 e. The Kier molecular flexibility index (Phi) is 7.88. The molecule has 0 bridgehead atoms. The van der Waals surface area contributed by atoms with E-state index in [-0.39, 0.29) is 25.0 Å². The van der Waals surface area contributed by atoms with Crippen molar-refractivity contribution in [3.8, 4) is 11.1 Å². The Hall–Kier alpha value is -4.53. The zero-order chi connectivity index (χ0) is 29.1. The van der Waals surface area contributed by atoms with Crippen LogP contribution in [-0.4, -0.2) is 66.5 Å². The minimum atomic E-state index is -0.969. The third-order valence-corrected chi connectivity index (χ3v) is 7.22. The van der Waals surface area contributed by atoms with Gasteiger partial charge in [0.25, 0.3) is 0 Å². The van der Waals surface area contributed by atoms with Gasteiger partial charge in [-0.25, -0.2) is 9.59 Å². The van der Waals surface area contributed by atoms with E-state index >= 15 is 0 Å². The molecule has 2 aliphatic rings. The number of nitrogens with one attached hydrogen (secondary N) is 1. The highest BCUT2D eigenvalue weighted by atomic mass is 16.6. The van der Waals surface area contributed by atoms with Crippen molar-refractivity contribution in [2.24, 2.45) is 0 Å². The number of piperazine rings is 1. The predicted octanol–water partition coefficient (Wildman–Crippen LogP) is 5.73. The molecule has 2 N–H and O–H groups in total. The molecular formula is C32H35N3O6. The fourth-order valence-corrected chi connectivity index (χ4v) is 5.43. The van der Waals surface area contributed by atoms with Crippen molar-refractivity contribution in [3.05, 3.63) is 83.4 Å². The molecule has 0 spiro atoms. The number of amides is 2. The van der Waals surface area contributed by atoms with Crippen LogP contribution in [0.15, 0.2) is 66.7 Å². The van der Waals surface area contributed by atoms with Crippen molar-refractivity contribution >= 4 is 29.5 Å². The quantitative estimate of drug-likeness (QED) is 0.398. The zero-order valence-electron chi connectivity index (χ0n) is 23.6. The van der Waals surface area contributed by atoms with Crippen LogP contribution in [0.4, 0.5) is 21.0 Å². The van der Waals surface area contributed by atoms with Gasteiger partial charge in [-0.05, 0) is 66.8 Å². The van der Waals surface area contributed by atoms with Gasteiger partial charge in [-0.15, -0.1) is 0 Å². The van der Waals surface area contributed by atoms with Gasteiger partial charge in [-0.3, -0.25) is 10.1 Å². The van der Waals surface area contributed by atoms with Gasteiger partial charge in [-0.2, -0.15) is 0 Å². The summed E-state index contributed by atoms with van der Waals surface area (Å²) in [7, 11) is 0. The maximum absolute atomic E-state index is 12.9. The molecule has 0 unspecified atom stereocenters. The van der Waals surface area contributed by atoms with E-state index < -0.39 is 17.7 Å². The SMILES string of the molecule is CC(C)(C)OC(=O)N1CCN(c2cc(CC(=O)O)cc(NC(=O)OCC3c4ccccc4-c4ccccc43)c2)CC1. The van der Waals surface area contributed by atoms with Gasteiger partial charge in [0.2, 0.25) is 0 Å². The molecule has 0 saturated carbocycles. The lowest BCUT2D eigenvalue weighted by Gasteiger charge is -2.37. The smallest absolute Gasteiger partial charge is 0.411 e. The molecule has 1 fully saturated rings. The maximum Gasteiger partial charge on any atom is 0.411 e. The molecule has 0 radical (unpaired) electrons. The molecule has 0 atom stereocenters. The number of ether oxygens (including phenoxy) is 2.